The van der Waals surface area contributed by atoms with Crippen LogP contribution < -0.4 is 10.1 Å². The quantitative estimate of drug-likeness (QED) is 0.795. The summed E-state index contributed by atoms with van der Waals surface area (Å²) in [6.07, 6.45) is 3.44. The van der Waals surface area contributed by atoms with E-state index in [1.165, 1.54) is 6.20 Å². The molecule has 2 aromatic heterocycles. The summed E-state index contributed by atoms with van der Waals surface area (Å²) < 4.78 is 7.04. The van der Waals surface area contributed by atoms with E-state index in [-0.39, 0.29) is 5.91 Å². The molecular formula is C17H16ClN3O2. The number of anilines is 1. The van der Waals surface area contributed by atoms with E-state index in [9.17, 15) is 4.79 Å². The van der Waals surface area contributed by atoms with E-state index in [2.05, 4.69) is 10.3 Å². The molecule has 5 nitrogen and oxygen atoms in total. The molecule has 1 N–H and O–H groups in total. The Balaban J connectivity index is 1.97. The number of rotatable bonds is 3. The van der Waals surface area contributed by atoms with Crippen molar-refractivity contribution >= 4 is 34.2 Å². The zero-order valence-electron chi connectivity index (χ0n) is 13.1. The third-order valence-corrected chi connectivity index (χ3v) is 4.08. The van der Waals surface area contributed by atoms with Crippen LogP contribution in [0.15, 0.2) is 36.7 Å². The third-order valence-electron chi connectivity index (χ3n) is 3.68. The van der Waals surface area contributed by atoms with Crippen molar-refractivity contribution in [1.82, 2.24) is 9.55 Å². The van der Waals surface area contributed by atoms with Crippen molar-refractivity contribution in [2.45, 2.75) is 6.92 Å². The molecule has 118 valence electrons. The molecule has 0 saturated carbocycles. The van der Waals surface area contributed by atoms with Crippen LogP contribution in [0.1, 0.15) is 15.9 Å². The summed E-state index contributed by atoms with van der Waals surface area (Å²) in [5.41, 5.74) is 2.72. The largest absolute Gasteiger partial charge is 0.497 e. The molecule has 0 fully saturated rings. The number of fused-ring (bicyclic) bond motifs is 1. The van der Waals surface area contributed by atoms with Gasteiger partial charge in [-0.1, -0.05) is 17.7 Å². The van der Waals surface area contributed by atoms with Crippen LogP contribution in [0.2, 0.25) is 5.02 Å². The number of aryl methyl sites for hydroxylation is 2. The Kier molecular flexibility index (Phi) is 3.96. The maximum absolute atomic E-state index is 12.5. The zero-order valence-corrected chi connectivity index (χ0v) is 13.8. The molecule has 3 aromatic rings. The van der Waals surface area contributed by atoms with E-state index in [1.807, 2.05) is 30.8 Å². The average Bonchev–Trinajstić information content (AvgIpc) is 2.83. The average molecular weight is 330 g/mol. The van der Waals surface area contributed by atoms with Gasteiger partial charge in [0.1, 0.15) is 11.4 Å². The molecule has 0 atom stereocenters. The number of nitrogens with one attached hydrogen (secondary N) is 1. The van der Waals surface area contributed by atoms with Gasteiger partial charge in [0.2, 0.25) is 0 Å². The monoisotopic (exact) mass is 329 g/mol. The fraction of sp³-hybridized carbons (Fsp3) is 0.176. The smallest absolute Gasteiger partial charge is 0.258 e. The van der Waals surface area contributed by atoms with Crippen LogP contribution in [0, 0.1) is 6.92 Å². The van der Waals surface area contributed by atoms with Crippen LogP contribution in [-0.4, -0.2) is 22.6 Å². The predicted octanol–water partition coefficient (Wildman–Crippen LogP) is 3.80. The van der Waals surface area contributed by atoms with Crippen molar-refractivity contribution in [3.63, 3.8) is 0 Å². The molecule has 0 aliphatic heterocycles. The van der Waals surface area contributed by atoms with Crippen molar-refractivity contribution in [3.8, 4) is 5.75 Å². The van der Waals surface area contributed by atoms with E-state index in [4.69, 9.17) is 16.3 Å². The van der Waals surface area contributed by atoms with Crippen LogP contribution in [-0.2, 0) is 7.05 Å². The summed E-state index contributed by atoms with van der Waals surface area (Å²) in [5, 5.41) is 4.02. The number of pyridine rings is 1. The number of ether oxygens (including phenoxy) is 1. The number of nitrogens with zero attached hydrogens (tertiary/aromatic N) is 2. The number of benzene rings is 1. The molecule has 3 rings (SSSR count). The highest BCUT2D eigenvalue weighted by Gasteiger charge is 2.17. The minimum Gasteiger partial charge on any atom is -0.497 e. The van der Waals surface area contributed by atoms with Gasteiger partial charge in [0, 0.05) is 36.6 Å². The number of aromatic nitrogens is 2. The molecular weight excluding hydrogens is 314 g/mol. The number of methoxy groups -OCH3 is 1. The molecule has 0 bridgehead atoms. The Bertz CT molecular complexity index is 902. The SMILES string of the molecule is COc1cccc(NC(=O)c2cnc3c(c(C)cn3C)c2Cl)c1. The first-order valence-corrected chi connectivity index (χ1v) is 7.44. The normalized spacial score (nSPS) is 10.8. The third kappa shape index (κ3) is 2.75. The summed E-state index contributed by atoms with van der Waals surface area (Å²) in [7, 11) is 3.47. The summed E-state index contributed by atoms with van der Waals surface area (Å²) >= 11 is 6.44. The standard InChI is InChI=1S/C17H16ClN3O2/c1-10-9-21(2)16-14(10)15(18)13(8-19-16)17(22)20-11-5-4-6-12(7-11)23-3/h4-9H,1-3H3,(H,20,22). The summed E-state index contributed by atoms with van der Waals surface area (Å²) in [6, 6.07) is 7.14. The van der Waals surface area contributed by atoms with Gasteiger partial charge >= 0.3 is 0 Å². The molecule has 0 radical (unpaired) electrons. The number of halogens is 1. The molecule has 6 heteroatoms. The molecule has 2 heterocycles. The van der Waals surface area contributed by atoms with Gasteiger partial charge in [-0.15, -0.1) is 0 Å². The summed E-state index contributed by atoms with van der Waals surface area (Å²) in [6.45, 7) is 1.94. The van der Waals surface area contributed by atoms with Crippen LogP contribution in [0.4, 0.5) is 5.69 Å². The van der Waals surface area contributed by atoms with E-state index < -0.39 is 0 Å². The highest BCUT2D eigenvalue weighted by Crippen LogP contribution is 2.30. The van der Waals surface area contributed by atoms with Crippen LogP contribution >= 0.6 is 11.6 Å². The molecule has 0 unspecified atom stereocenters. The van der Waals surface area contributed by atoms with Crippen molar-refractivity contribution < 1.29 is 9.53 Å². The molecule has 0 aliphatic carbocycles. The van der Waals surface area contributed by atoms with Gasteiger partial charge in [0.15, 0.2) is 0 Å². The molecule has 23 heavy (non-hydrogen) atoms. The Morgan fingerprint density at radius 3 is 2.91 bits per heavy atom. The minimum absolute atomic E-state index is 0.305. The number of amides is 1. The van der Waals surface area contributed by atoms with Crippen molar-refractivity contribution in [3.05, 3.63) is 52.8 Å². The van der Waals surface area contributed by atoms with Gasteiger partial charge in [-0.3, -0.25) is 4.79 Å². The highest BCUT2D eigenvalue weighted by atomic mass is 35.5. The predicted molar refractivity (Wildman–Crippen MR) is 91.4 cm³/mol. The van der Waals surface area contributed by atoms with E-state index in [0.717, 1.165) is 16.6 Å². The van der Waals surface area contributed by atoms with Crippen molar-refractivity contribution in [1.29, 1.82) is 0 Å². The lowest BCUT2D eigenvalue weighted by atomic mass is 10.1. The number of carbonyl (C=O) groups is 1. The number of hydrogen-bond acceptors (Lipinski definition) is 3. The summed E-state index contributed by atoms with van der Waals surface area (Å²) in [5.74, 6) is 0.363. The second-order valence-electron chi connectivity index (χ2n) is 5.29. The minimum atomic E-state index is -0.305. The van der Waals surface area contributed by atoms with Gasteiger partial charge < -0.3 is 14.6 Å². The van der Waals surface area contributed by atoms with Crippen molar-refractivity contribution in [2.75, 3.05) is 12.4 Å². The number of carbonyl (C=O) groups excluding carboxylic acids is 1. The molecule has 0 saturated heterocycles. The van der Waals surface area contributed by atoms with Gasteiger partial charge in [0.25, 0.3) is 5.91 Å². The molecule has 1 aromatic carbocycles. The number of hydrogen-bond donors (Lipinski definition) is 1. The first kappa shape index (κ1) is 15.4. The molecule has 0 spiro atoms. The molecule has 1 amide bonds. The van der Waals surface area contributed by atoms with Gasteiger partial charge in [0.05, 0.1) is 17.7 Å². The highest BCUT2D eigenvalue weighted by molar-refractivity contribution is 6.39. The van der Waals surface area contributed by atoms with E-state index in [0.29, 0.717) is 22.0 Å². The Morgan fingerprint density at radius 1 is 1.39 bits per heavy atom. The van der Waals surface area contributed by atoms with Gasteiger partial charge in [-0.05, 0) is 24.6 Å². The Morgan fingerprint density at radius 2 is 2.17 bits per heavy atom. The second kappa shape index (κ2) is 5.93. The van der Waals surface area contributed by atoms with Crippen LogP contribution in [0.25, 0.3) is 11.0 Å². The van der Waals surface area contributed by atoms with Gasteiger partial charge in [-0.2, -0.15) is 0 Å². The van der Waals surface area contributed by atoms with E-state index in [1.54, 1.807) is 25.3 Å². The maximum Gasteiger partial charge on any atom is 0.258 e. The lowest BCUT2D eigenvalue weighted by Crippen LogP contribution is -2.13. The second-order valence-corrected chi connectivity index (χ2v) is 5.67. The lowest BCUT2D eigenvalue weighted by molar-refractivity contribution is 0.102. The first-order chi connectivity index (χ1) is 11.0. The lowest BCUT2D eigenvalue weighted by Gasteiger charge is -2.09. The maximum atomic E-state index is 12.5. The first-order valence-electron chi connectivity index (χ1n) is 7.07. The zero-order chi connectivity index (χ0) is 16.6. The van der Waals surface area contributed by atoms with Crippen molar-refractivity contribution in [2.24, 2.45) is 7.05 Å². The summed E-state index contributed by atoms with van der Waals surface area (Å²) in [4.78, 5) is 16.9. The van der Waals surface area contributed by atoms with Crippen LogP contribution in [0.3, 0.4) is 0 Å². The topological polar surface area (TPSA) is 56.1 Å². The van der Waals surface area contributed by atoms with E-state index >= 15 is 0 Å². The van der Waals surface area contributed by atoms with Crippen LogP contribution in [0.5, 0.6) is 5.75 Å². The fourth-order valence-electron chi connectivity index (χ4n) is 2.57. The molecule has 0 aliphatic rings. The van der Waals surface area contributed by atoms with Gasteiger partial charge in [-0.25, -0.2) is 4.98 Å². The fourth-order valence-corrected chi connectivity index (χ4v) is 2.94. The Hall–Kier alpha value is -2.53. The Labute approximate surface area is 138 Å².